The number of hydrazone groups is 1. The number of amides is 1. The highest BCUT2D eigenvalue weighted by Gasteiger charge is 2.08. The van der Waals surface area contributed by atoms with E-state index in [4.69, 9.17) is 4.42 Å². The number of carbonyl (C=O) groups excluding carboxylic acids is 1. The molecule has 1 aromatic heterocycles. The third-order valence-electron chi connectivity index (χ3n) is 2.22. The second-order valence-electron chi connectivity index (χ2n) is 3.72. The number of nitrogens with zero attached hydrogens (tertiary/aromatic N) is 1. The van der Waals surface area contributed by atoms with E-state index in [1.165, 1.54) is 0 Å². The minimum Gasteiger partial charge on any atom is -0.444 e. The van der Waals surface area contributed by atoms with Gasteiger partial charge in [0.25, 0.3) is 0 Å². The van der Waals surface area contributed by atoms with Crippen LogP contribution >= 0.6 is 15.9 Å². The highest BCUT2D eigenvalue weighted by atomic mass is 79.9. The minimum atomic E-state index is -0.385. The van der Waals surface area contributed by atoms with E-state index in [1.807, 2.05) is 31.2 Å². The van der Waals surface area contributed by atoms with Crippen LogP contribution in [0.1, 0.15) is 21.7 Å². The molecule has 1 amide bonds. The largest absolute Gasteiger partial charge is 0.444 e. The molecular weight excluding hydrogens is 296 g/mol. The van der Waals surface area contributed by atoms with Crippen molar-refractivity contribution in [2.75, 3.05) is 0 Å². The van der Waals surface area contributed by atoms with Gasteiger partial charge >= 0.3 is 5.91 Å². The lowest BCUT2D eigenvalue weighted by atomic mass is 10.2. The van der Waals surface area contributed by atoms with Gasteiger partial charge in [0.05, 0.1) is 6.21 Å². The summed E-state index contributed by atoms with van der Waals surface area (Å²) in [5.74, 6) is -0.173. The molecule has 1 aromatic carbocycles. The second kappa shape index (κ2) is 5.64. The molecular formula is C13H11BrN2O2. The lowest BCUT2D eigenvalue weighted by molar-refractivity contribution is 0.0926. The van der Waals surface area contributed by atoms with E-state index in [2.05, 4.69) is 26.5 Å². The van der Waals surface area contributed by atoms with Crippen molar-refractivity contribution in [2.45, 2.75) is 6.92 Å². The van der Waals surface area contributed by atoms with Crippen molar-refractivity contribution in [1.29, 1.82) is 0 Å². The summed E-state index contributed by atoms with van der Waals surface area (Å²) >= 11 is 3.13. The van der Waals surface area contributed by atoms with Gasteiger partial charge in [-0.05, 0) is 40.5 Å². The zero-order valence-corrected chi connectivity index (χ0v) is 11.3. The van der Waals surface area contributed by atoms with Crippen molar-refractivity contribution in [1.82, 2.24) is 5.43 Å². The number of aryl methyl sites for hydroxylation is 1. The van der Waals surface area contributed by atoms with Crippen LogP contribution < -0.4 is 5.43 Å². The van der Waals surface area contributed by atoms with E-state index in [0.717, 1.165) is 11.1 Å². The van der Waals surface area contributed by atoms with Crippen LogP contribution in [0.3, 0.4) is 0 Å². The first-order chi connectivity index (χ1) is 8.65. The third-order valence-corrected chi connectivity index (χ3v) is 2.65. The molecule has 92 valence electrons. The van der Waals surface area contributed by atoms with Crippen LogP contribution in [-0.4, -0.2) is 12.1 Å². The van der Waals surface area contributed by atoms with Crippen LogP contribution in [-0.2, 0) is 0 Å². The maximum Gasteiger partial charge on any atom is 0.307 e. The van der Waals surface area contributed by atoms with Crippen LogP contribution in [0.15, 0.2) is 50.6 Å². The predicted octanol–water partition coefficient (Wildman–Crippen LogP) is 3.11. The highest BCUT2D eigenvalue weighted by Crippen LogP contribution is 2.13. The Labute approximate surface area is 113 Å². The molecule has 0 bridgehead atoms. The fourth-order valence-corrected chi connectivity index (χ4v) is 1.71. The molecule has 0 saturated carbocycles. The summed E-state index contributed by atoms with van der Waals surface area (Å²) in [6.45, 7) is 2.00. The van der Waals surface area contributed by atoms with Crippen molar-refractivity contribution in [3.63, 3.8) is 0 Å². The summed E-state index contributed by atoms with van der Waals surface area (Å²) in [5.41, 5.74) is 4.46. The Morgan fingerprint density at radius 1 is 1.39 bits per heavy atom. The van der Waals surface area contributed by atoms with Gasteiger partial charge in [-0.3, -0.25) is 4.79 Å². The van der Waals surface area contributed by atoms with Crippen molar-refractivity contribution < 1.29 is 9.21 Å². The number of halogens is 1. The summed E-state index contributed by atoms with van der Waals surface area (Å²) < 4.78 is 5.61. The third kappa shape index (κ3) is 3.30. The average molecular weight is 307 g/mol. The molecule has 0 radical (unpaired) electrons. The number of furan rings is 1. The molecule has 0 atom stereocenters. The highest BCUT2D eigenvalue weighted by molar-refractivity contribution is 9.10. The smallest absolute Gasteiger partial charge is 0.307 e. The molecule has 1 heterocycles. The van der Waals surface area contributed by atoms with Crippen LogP contribution in [0.2, 0.25) is 0 Å². The maximum atomic E-state index is 11.6. The van der Waals surface area contributed by atoms with Gasteiger partial charge in [0.15, 0.2) is 10.4 Å². The quantitative estimate of drug-likeness (QED) is 0.699. The Kier molecular flexibility index (Phi) is 3.94. The predicted molar refractivity (Wildman–Crippen MR) is 72.6 cm³/mol. The van der Waals surface area contributed by atoms with Crippen molar-refractivity contribution in [3.05, 3.63) is 58.0 Å². The first kappa shape index (κ1) is 12.6. The maximum absolute atomic E-state index is 11.6. The van der Waals surface area contributed by atoms with Crippen LogP contribution in [0, 0.1) is 6.92 Å². The van der Waals surface area contributed by atoms with E-state index in [-0.39, 0.29) is 11.7 Å². The number of carbonyl (C=O) groups is 1. The summed E-state index contributed by atoms with van der Waals surface area (Å²) in [4.78, 5) is 11.6. The van der Waals surface area contributed by atoms with Gasteiger partial charge in [-0.15, -0.1) is 0 Å². The molecule has 2 aromatic rings. The Bertz CT molecular complexity index is 590. The monoisotopic (exact) mass is 306 g/mol. The first-order valence-electron chi connectivity index (χ1n) is 5.30. The summed E-state index contributed by atoms with van der Waals surface area (Å²) in [6.07, 6.45) is 1.59. The fourth-order valence-electron chi connectivity index (χ4n) is 1.41. The summed E-state index contributed by atoms with van der Waals surface area (Å²) in [5, 5.41) is 3.87. The van der Waals surface area contributed by atoms with Crippen molar-refractivity contribution >= 4 is 28.1 Å². The van der Waals surface area contributed by atoms with Crippen LogP contribution in [0.5, 0.6) is 0 Å². The molecule has 0 aliphatic heterocycles. The number of rotatable bonds is 3. The normalized spacial score (nSPS) is 10.8. The SMILES string of the molecule is Cc1cccc(/C=N/NC(=O)c2ccc(Br)o2)c1. The van der Waals surface area contributed by atoms with E-state index in [0.29, 0.717) is 4.67 Å². The van der Waals surface area contributed by atoms with E-state index in [9.17, 15) is 4.79 Å². The Morgan fingerprint density at radius 2 is 2.22 bits per heavy atom. The van der Waals surface area contributed by atoms with Gasteiger partial charge in [0.2, 0.25) is 0 Å². The molecule has 0 aliphatic carbocycles. The van der Waals surface area contributed by atoms with Gasteiger partial charge in [-0.25, -0.2) is 5.43 Å². The average Bonchev–Trinajstić information content (AvgIpc) is 2.76. The minimum absolute atomic E-state index is 0.211. The number of hydrogen-bond acceptors (Lipinski definition) is 3. The van der Waals surface area contributed by atoms with Crippen LogP contribution in [0.25, 0.3) is 0 Å². The molecule has 0 fully saturated rings. The molecule has 1 N–H and O–H groups in total. The summed E-state index contributed by atoms with van der Waals surface area (Å²) in [7, 11) is 0. The van der Waals surface area contributed by atoms with Crippen molar-refractivity contribution in [3.8, 4) is 0 Å². The van der Waals surface area contributed by atoms with Gasteiger partial charge in [0.1, 0.15) is 0 Å². The Morgan fingerprint density at radius 3 is 2.89 bits per heavy atom. The van der Waals surface area contributed by atoms with Gasteiger partial charge in [-0.1, -0.05) is 29.8 Å². The van der Waals surface area contributed by atoms with E-state index >= 15 is 0 Å². The molecule has 0 saturated heterocycles. The van der Waals surface area contributed by atoms with E-state index < -0.39 is 0 Å². The zero-order valence-electron chi connectivity index (χ0n) is 9.68. The summed E-state index contributed by atoms with van der Waals surface area (Å²) in [6, 6.07) is 11.0. The van der Waals surface area contributed by atoms with Gasteiger partial charge < -0.3 is 4.42 Å². The Hall–Kier alpha value is -1.88. The molecule has 4 nitrogen and oxygen atoms in total. The second-order valence-corrected chi connectivity index (χ2v) is 4.50. The molecule has 0 spiro atoms. The standard InChI is InChI=1S/C13H11BrN2O2/c1-9-3-2-4-10(7-9)8-15-16-13(17)11-5-6-12(14)18-11/h2-8H,1H3,(H,16,17)/b15-8+. The first-order valence-corrected chi connectivity index (χ1v) is 6.10. The molecule has 0 aliphatic rings. The lowest BCUT2D eigenvalue weighted by Gasteiger charge is -1.96. The fraction of sp³-hybridized carbons (Fsp3) is 0.0769. The lowest BCUT2D eigenvalue weighted by Crippen LogP contribution is -2.16. The molecule has 0 unspecified atom stereocenters. The zero-order chi connectivity index (χ0) is 13.0. The van der Waals surface area contributed by atoms with E-state index in [1.54, 1.807) is 18.3 Å². The number of hydrogen-bond donors (Lipinski definition) is 1. The molecule has 5 heteroatoms. The van der Waals surface area contributed by atoms with Gasteiger partial charge in [-0.2, -0.15) is 5.10 Å². The number of nitrogens with one attached hydrogen (secondary N) is 1. The Balaban J connectivity index is 1.97. The van der Waals surface area contributed by atoms with Crippen LogP contribution in [0.4, 0.5) is 0 Å². The van der Waals surface area contributed by atoms with Crippen molar-refractivity contribution in [2.24, 2.45) is 5.10 Å². The topological polar surface area (TPSA) is 54.6 Å². The number of benzene rings is 1. The molecule has 18 heavy (non-hydrogen) atoms. The molecule has 2 rings (SSSR count). The van der Waals surface area contributed by atoms with Gasteiger partial charge in [0, 0.05) is 0 Å².